The topological polar surface area (TPSA) is 80.5 Å². The van der Waals surface area contributed by atoms with Crippen LogP contribution in [0.15, 0.2) is 6.33 Å². The Kier molecular flexibility index (Phi) is 3.01. The fraction of sp³-hybridized carbons (Fsp3) is 0.444. The fourth-order valence-electron chi connectivity index (χ4n) is 1.40. The number of imidazole rings is 1. The Morgan fingerprint density at radius 1 is 1.33 bits per heavy atom. The van der Waals surface area contributed by atoms with Crippen molar-refractivity contribution in [2.75, 3.05) is 11.6 Å². The third-order valence-electron chi connectivity index (χ3n) is 2.16. The van der Waals surface area contributed by atoms with Crippen molar-refractivity contribution < 1.29 is 0 Å². The normalized spacial score (nSPS) is 11.0. The lowest BCUT2D eigenvalue weighted by atomic mass is 10.2. The minimum absolute atomic E-state index is 0.441. The molecule has 3 N–H and O–H groups in total. The zero-order valence-electron chi connectivity index (χ0n) is 8.20. The number of nitrogens with two attached hydrogens (primary N) is 1. The average molecular weight is 226 g/mol. The molecule has 0 atom stereocenters. The molecule has 5 nitrogen and oxygen atoms in total. The molecule has 2 aromatic heterocycles. The van der Waals surface area contributed by atoms with Crippen LogP contribution in [0.25, 0.3) is 11.2 Å². The second kappa shape index (κ2) is 4.44. The van der Waals surface area contributed by atoms with Crippen molar-refractivity contribution in [2.45, 2.75) is 19.3 Å². The van der Waals surface area contributed by atoms with Crippen molar-refractivity contribution in [3.63, 3.8) is 0 Å². The highest BCUT2D eigenvalue weighted by molar-refractivity contribution is 6.17. The maximum Gasteiger partial charge on any atom is 0.183 e. The van der Waals surface area contributed by atoms with E-state index in [1.165, 1.54) is 6.33 Å². The van der Waals surface area contributed by atoms with E-state index in [4.69, 9.17) is 17.3 Å². The van der Waals surface area contributed by atoms with E-state index < -0.39 is 0 Å². The number of hydrogen-bond donors (Lipinski definition) is 2. The first-order valence-electron chi connectivity index (χ1n) is 4.82. The maximum absolute atomic E-state index is 5.68. The molecule has 0 spiro atoms. The number of hydrogen-bond acceptors (Lipinski definition) is 4. The van der Waals surface area contributed by atoms with Crippen LogP contribution in [0.4, 0.5) is 5.82 Å². The molecule has 0 aliphatic heterocycles. The van der Waals surface area contributed by atoms with Crippen LogP contribution < -0.4 is 5.73 Å². The lowest BCUT2D eigenvalue weighted by Gasteiger charge is -1.93. The molecule has 0 fully saturated rings. The van der Waals surface area contributed by atoms with Gasteiger partial charge in [0.05, 0.1) is 0 Å². The predicted molar refractivity (Wildman–Crippen MR) is 59.8 cm³/mol. The van der Waals surface area contributed by atoms with Gasteiger partial charge in [-0.15, -0.1) is 11.6 Å². The van der Waals surface area contributed by atoms with Crippen molar-refractivity contribution in [3.05, 3.63) is 12.2 Å². The highest BCUT2D eigenvalue weighted by atomic mass is 35.5. The standard InChI is InChI=1S/C9H12ClN5/c10-4-2-1-3-6-14-7-8(11)12-5-13-9(7)15-6/h5H,1-4H2,(H3,11,12,13,14,15). The number of rotatable bonds is 4. The van der Waals surface area contributed by atoms with E-state index in [1.807, 2.05) is 0 Å². The number of halogens is 1. The number of fused-ring (bicyclic) bond motifs is 1. The molecular formula is C9H12ClN5. The molecule has 6 heteroatoms. The molecule has 0 amide bonds. The summed E-state index contributed by atoms with van der Waals surface area (Å²) in [6, 6.07) is 0. The van der Waals surface area contributed by atoms with Crippen LogP contribution in [-0.4, -0.2) is 25.8 Å². The molecule has 2 aromatic rings. The summed E-state index contributed by atoms with van der Waals surface area (Å²) < 4.78 is 0. The van der Waals surface area contributed by atoms with E-state index in [1.54, 1.807) is 0 Å². The zero-order chi connectivity index (χ0) is 10.7. The molecule has 15 heavy (non-hydrogen) atoms. The van der Waals surface area contributed by atoms with Gasteiger partial charge in [-0.2, -0.15) is 0 Å². The number of H-pyrrole nitrogens is 1. The van der Waals surface area contributed by atoms with Crippen molar-refractivity contribution in [1.82, 2.24) is 19.9 Å². The molecule has 0 saturated carbocycles. The lowest BCUT2D eigenvalue weighted by Crippen LogP contribution is -1.92. The van der Waals surface area contributed by atoms with Gasteiger partial charge in [0.15, 0.2) is 11.5 Å². The molecule has 0 unspecified atom stereocenters. The van der Waals surface area contributed by atoms with Crippen LogP contribution in [0.3, 0.4) is 0 Å². The molecule has 80 valence electrons. The van der Waals surface area contributed by atoms with Gasteiger partial charge in [0.25, 0.3) is 0 Å². The number of nitrogens with one attached hydrogen (secondary N) is 1. The lowest BCUT2D eigenvalue weighted by molar-refractivity contribution is 0.768. The monoisotopic (exact) mass is 225 g/mol. The summed E-state index contributed by atoms with van der Waals surface area (Å²) in [6.45, 7) is 0. The molecule has 0 aliphatic carbocycles. The number of nitrogen functional groups attached to an aromatic ring is 1. The molecule has 0 aromatic carbocycles. The van der Waals surface area contributed by atoms with E-state index in [-0.39, 0.29) is 0 Å². The summed E-state index contributed by atoms with van der Waals surface area (Å²) in [5.74, 6) is 2.01. The van der Waals surface area contributed by atoms with Crippen LogP contribution in [-0.2, 0) is 6.42 Å². The number of aryl methyl sites for hydroxylation is 1. The first kappa shape index (κ1) is 10.2. The summed E-state index contributed by atoms with van der Waals surface area (Å²) in [4.78, 5) is 15.4. The Morgan fingerprint density at radius 3 is 2.93 bits per heavy atom. The Morgan fingerprint density at radius 2 is 2.20 bits per heavy atom. The third-order valence-corrected chi connectivity index (χ3v) is 2.43. The first-order valence-corrected chi connectivity index (χ1v) is 5.35. The Hall–Kier alpha value is -1.36. The number of aromatic nitrogens is 4. The Balaban J connectivity index is 2.20. The van der Waals surface area contributed by atoms with E-state index >= 15 is 0 Å². The zero-order valence-corrected chi connectivity index (χ0v) is 8.96. The number of anilines is 1. The van der Waals surface area contributed by atoms with E-state index in [0.717, 1.165) is 30.6 Å². The summed E-state index contributed by atoms with van der Waals surface area (Å²) in [7, 11) is 0. The molecule has 0 aliphatic rings. The second-order valence-electron chi connectivity index (χ2n) is 3.29. The van der Waals surface area contributed by atoms with Gasteiger partial charge in [0.2, 0.25) is 0 Å². The predicted octanol–water partition coefficient (Wildman–Crippen LogP) is 1.50. The number of unbranched alkanes of at least 4 members (excludes halogenated alkanes) is 1. The van der Waals surface area contributed by atoms with Gasteiger partial charge >= 0.3 is 0 Å². The van der Waals surface area contributed by atoms with Gasteiger partial charge < -0.3 is 10.7 Å². The average Bonchev–Trinajstić information content (AvgIpc) is 2.63. The largest absolute Gasteiger partial charge is 0.382 e. The second-order valence-corrected chi connectivity index (χ2v) is 3.67. The molecule has 0 saturated heterocycles. The SMILES string of the molecule is Nc1ncnc2nc(CCCCCl)[nH]c12. The first-order chi connectivity index (χ1) is 7.31. The minimum atomic E-state index is 0.441. The maximum atomic E-state index is 5.68. The Bertz CT molecular complexity index is 453. The van der Waals surface area contributed by atoms with Crippen LogP contribution in [0, 0.1) is 0 Å². The van der Waals surface area contributed by atoms with Crippen LogP contribution >= 0.6 is 11.6 Å². The van der Waals surface area contributed by atoms with Crippen LogP contribution in [0.2, 0.25) is 0 Å². The van der Waals surface area contributed by atoms with Gasteiger partial charge in [0, 0.05) is 12.3 Å². The van der Waals surface area contributed by atoms with E-state index in [0.29, 0.717) is 17.3 Å². The third kappa shape index (κ3) is 2.18. The van der Waals surface area contributed by atoms with Crippen molar-refractivity contribution in [3.8, 4) is 0 Å². The summed E-state index contributed by atoms with van der Waals surface area (Å²) >= 11 is 5.60. The molecule has 0 bridgehead atoms. The fourth-order valence-corrected chi connectivity index (χ4v) is 1.59. The summed E-state index contributed by atoms with van der Waals surface area (Å²) in [5, 5.41) is 0. The van der Waals surface area contributed by atoms with Gasteiger partial charge in [-0.1, -0.05) is 0 Å². The molecule has 2 rings (SSSR count). The summed E-state index contributed by atoms with van der Waals surface area (Å²) in [5.41, 5.74) is 7.03. The van der Waals surface area contributed by atoms with Gasteiger partial charge in [-0.25, -0.2) is 15.0 Å². The quantitative estimate of drug-likeness (QED) is 0.610. The highest BCUT2D eigenvalue weighted by Gasteiger charge is 2.06. The smallest absolute Gasteiger partial charge is 0.183 e. The van der Waals surface area contributed by atoms with Gasteiger partial charge in [-0.3, -0.25) is 0 Å². The number of alkyl halides is 1. The number of aromatic amines is 1. The van der Waals surface area contributed by atoms with Crippen molar-refractivity contribution in [2.24, 2.45) is 0 Å². The molecule has 0 radical (unpaired) electrons. The van der Waals surface area contributed by atoms with Gasteiger partial charge in [-0.05, 0) is 12.8 Å². The summed E-state index contributed by atoms with van der Waals surface area (Å²) in [6.07, 6.45) is 4.28. The van der Waals surface area contributed by atoms with E-state index in [9.17, 15) is 0 Å². The van der Waals surface area contributed by atoms with E-state index in [2.05, 4.69) is 19.9 Å². The number of nitrogens with zero attached hydrogens (tertiary/aromatic N) is 3. The van der Waals surface area contributed by atoms with Crippen LogP contribution in [0.1, 0.15) is 18.7 Å². The Labute approximate surface area is 92.1 Å². The minimum Gasteiger partial charge on any atom is -0.382 e. The highest BCUT2D eigenvalue weighted by Crippen LogP contribution is 2.14. The van der Waals surface area contributed by atoms with Gasteiger partial charge in [0.1, 0.15) is 17.7 Å². The molecule has 2 heterocycles. The van der Waals surface area contributed by atoms with Crippen LogP contribution in [0.5, 0.6) is 0 Å². The van der Waals surface area contributed by atoms with Crippen molar-refractivity contribution in [1.29, 1.82) is 0 Å². The van der Waals surface area contributed by atoms with Crippen molar-refractivity contribution >= 4 is 28.6 Å². The molecular weight excluding hydrogens is 214 g/mol.